The molecule has 0 aliphatic heterocycles. The van der Waals surface area contributed by atoms with E-state index in [-0.39, 0.29) is 17.8 Å². The SMILES string of the molecule is CC(C)NC(CSc1ccc(F)cc1)(C(N)=O)C1CC1. The lowest BCUT2D eigenvalue weighted by Gasteiger charge is -2.33. The molecule has 0 aromatic heterocycles. The average molecular weight is 296 g/mol. The van der Waals surface area contributed by atoms with E-state index in [1.54, 1.807) is 23.9 Å². The van der Waals surface area contributed by atoms with Crippen LogP contribution in [0, 0.1) is 11.7 Å². The van der Waals surface area contributed by atoms with Gasteiger partial charge >= 0.3 is 0 Å². The molecule has 0 bridgehead atoms. The number of benzene rings is 1. The van der Waals surface area contributed by atoms with Crippen molar-refractivity contribution in [2.24, 2.45) is 11.7 Å². The van der Waals surface area contributed by atoms with Gasteiger partial charge in [-0.2, -0.15) is 0 Å². The van der Waals surface area contributed by atoms with Crippen LogP contribution in [-0.2, 0) is 4.79 Å². The minimum absolute atomic E-state index is 0.192. The molecular weight excluding hydrogens is 275 g/mol. The molecule has 3 N–H and O–H groups in total. The van der Waals surface area contributed by atoms with Crippen molar-refractivity contribution in [2.45, 2.75) is 43.2 Å². The summed E-state index contributed by atoms with van der Waals surface area (Å²) in [6, 6.07) is 6.52. The summed E-state index contributed by atoms with van der Waals surface area (Å²) in [4.78, 5) is 12.9. The van der Waals surface area contributed by atoms with Gasteiger partial charge < -0.3 is 11.1 Å². The quantitative estimate of drug-likeness (QED) is 0.760. The van der Waals surface area contributed by atoms with Gasteiger partial charge in [0.15, 0.2) is 0 Å². The summed E-state index contributed by atoms with van der Waals surface area (Å²) in [5.74, 6) is 0.355. The second kappa shape index (κ2) is 6.14. The maximum absolute atomic E-state index is 12.9. The summed E-state index contributed by atoms with van der Waals surface area (Å²) in [5, 5.41) is 3.37. The number of hydrogen-bond acceptors (Lipinski definition) is 3. The Morgan fingerprint density at radius 3 is 2.50 bits per heavy atom. The summed E-state index contributed by atoms with van der Waals surface area (Å²) < 4.78 is 12.9. The van der Waals surface area contributed by atoms with Crippen LogP contribution in [0.5, 0.6) is 0 Å². The number of nitrogens with one attached hydrogen (secondary N) is 1. The van der Waals surface area contributed by atoms with Crippen LogP contribution in [0.4, 0.5) is 4.39 Å². The number of amides is 1. The highest BCUT2D eigenvalue weighted by Gasteiger charge is 2.49. The van der Waals surface area contributed by atoms with Crippen LogP contribution in [-0.4, -0.2) is 23.2 Å². The minimum Gasteiger partial charge on any atom is -0.368 e. The normalized spacial score (nSPS) is 18.0. The van der Waals surface area contributed by atoms with Crippen molar-refractivity contribution in [1.82, 2.24) is 5.32 Å². The molecule has 1 aliphatic rings. The number of hydrogen-bond donors (Lipinski definition) is 2. The van der Waals surface area contributed by atoms with Crippen molar-refractivity contribution >= 4 is 17.7 Å². The van der Waals surface area contributed by atoms with Gasteiger partial charge in [-0.3, -0.25) is 4.79 Å². The van der Waals surface area contributed by atoms with E-state index >= 15 is 0 Å². The van der Waals surface area contributed by atoms with E-state index in [1.807, 2.05) is 13.8 Å². The Balaban J connectivity index is 2.11. The third kappa shape index (κ3) is 3.52. The van der Waals surface area contributed by atoms with Crippen molar-refractivity contribution in [2.75, 3.05) is 5.75 Å². The number of carbonyl (C=O) groups is 1. The van der Waals surface area contributed by atoms with Gasteiger partial charge in [0, 0.05) is 16.7 Å². The number of carbonyl (C=O) groups excluding carboxylic acids is 1. The molecule has 0 heterocycles. The first-order valence-electron chi connectivity index (χ1n) is 6.90. The van der Waals surface area contributed by atoms with Crippen molar-refractivity contribution < 1.29 is 9.18 Å². The lowest BCUT2D eigenvalue weighted by Crippen LogP contribution is -2.61. The van der Waals surface area contributed by atoms with Crippen LogP contribution in [0.2, 0.25) is 0 Å². The topological polar surface area (TPSA) is 55.1 Å². The fourth-order valence-electron chi connectivity index (χ4n) is 2.44. The number of primary amides is 1. The molecule has 1 aromatic carbocycles. The number of thioether (sulfide) groups is 1. The molecule has 20 heavy (non-hydrogen) atoms. The van der Waals surface area contributed by atoms with Crippen LogP contribution in [0.15, 0.2) is 29.2 Å². The Kier molecular flexibility index (Phi) is 4.70. The highest BCUT2D eigenvalue weighted by Crippen LogP contribution is 2.42. The van der Waals surface area contributed by atoms with Crippen molar-refractivity contribution in [1.29, 1.82) is 0 Å². The van der Waals surface area contributed by atoms with Crippen molar-refractivity contribution in [3.05, 3.63) is 30.1 Å². The van der Waals surface area contributed by atoms with E-state index in [2.05, 4.69) is 5.32 Å². The maximum atomic E-state index is 12.9. The summed E-state index contributed by atoms with van der Waals surface area (Å²) >= 11 is 1.54. The summed E-state index contributed by atoms with van der Waals surface area (Å²) in [7, 11) is 0. The first-order chi connectivity index (χ1) is 9.44. The molecule has 1 aromatic rings. The van der Waals surface area contributed by atoms with Gasteiger partial charge in [-0.1, -0.05) is 0 Å². The standard InChI is InChI=1S/C15H21FN2OS/c1-10(2)18-15(14(17)19,11-3-4-11)9-20-13-7-5-12(16)6-8-13/h5-8,10-11,18H,3-4,9H2,1-2H3,(H2,17,19). The molecular formula is C15H21FN2OS. The monoisotopic (exact) mass is 296 g/mol. The Bertz CT molecular complexity index is 473. The van der Waals surface area contributed by atoms with E-state index in [4.69, 9.17) is 5.73 Å². The second-order valence-corrected chi connectivity index (χ2v) is 6.70. The first-order valence-corrected chi connectivity index (χ1v) is 7.88. The molecule has 0 saturated heterocycles. The van der Waals surface area contributed by atoms with Crippen molar-refractivity contribution in [3.8, 4) is 0 Å². The molecule has 2 rings (SSSR count). The minimum atomic E-state index is -0.660. The molecule has 1 amide bonds. The second-order valence-electron chi connectivity index (χ2n) is 5.65. The molecule has 1 atom stereocenters. The lowest BCUT2D eigenvalue weighted by molar-refractivity contribution is -0.124. The molecule has 0 radical (unpaired) electrons. The Morgan fingerprint density at radius 1 is 1.45 bits per heavy atom. The number of rotatable bonds is 7. The van der Waals surface area contributed by atoms with Gasteiger partial charge in [-0.15, -0.1) is 11.8 Å². The highest BCUT2D eigenvalue weighted by atomic mass is 32.2. The highest BCUT2D eigenvalue weighted by molar-refractivity contribution is 7.99. The van der Waals surface area contributed by atoms with Gasteiger partial charge in [0.2, 0.25) is 5.91 Å². The lowest BCUT2D eigenvalue weighted by atomic mass is 9.93. The fraction of sp³-hybridized carbons (Fsp3) is 0.533. The third-order valence-corrected chi connectivity index (χ3v) is 4.75. The van der Waals surface area contributed by atoms with Gasteiger partial charge in [-0.05, 0) is 56.9 Å². The smallest absolute Gasteiger partial charge is 0.238 e. The number of nitrogens with two attached hydrogens (primary N) is 1. The zero-order chi connectivity index (χ0) is 14.8. The summed E-state index contributed by atoms with van der Waals surface area (Å²) in [5.41, 5.74) is 5.01. The average Bonchev–Trinajstić information content (AvgIpc) is 3.20. The molecule has 110 valence electrons. The molecule has 0 spiro atoms. The summed E-state index contributed by atoms with van der Waals surface area (Å²) in [6.45, 7) is 4.03. The van der Waals surface area contributed by atoms with E-state index < -0.39 is 5.54 Å². The molecule has 3 nitrogen and oxygen atoms in total. The first kappa shape index (κ1) is 15.3. The van der Waals surface area contributed by atoms with E-state index in [0.717, 1.165) is 17.7 Å². The van der Waals surface area contributed by atoms with Crippen LogP contribution in [0.3, 0.4) is 0 Å². The van der Waals surface area contributed by atoms with Gasteiger partial charge in [0.25, 0.3) is 0 Å². The van der Waals surface area contributed by atoms with E-state index in [0.29, 0.717) is 11.7 Å². The molecule has 5 heteroatoms. The van der Waals surface area contributed by atoms with Crippen LogP contribution in [0.25, 0.3) is 0 Å². The zero-order valence-corrected chi connectivity index (χ0v) is 12.7. The van der Waals surface area contributed by atoms with Crippen LogP contribution < -0.4 is 11.1 Å². The largest absolute Gasteiger partial charge is 0.368 e. The zero-order valence-electron chi connectivity index (χ0n) is 11.9. The molecule has 1 saturated carbocycles. The van der Waals surface area contributed by atoms with Crippen LogP contribution >= 0.6 is 11.8 Å². The van der Waals surface area contributed by atoms with E-state index in [1.165, 1.54) is 12.1 Å². The maximum Gasteiger partial charge on any atom is 0.238 e. The van der Waals surface area contributed by atoms with E-state index in [9.17, 15) is 9.18 Å². The fourth-order valence-corrected chi connectivity index (χ4v) is 3.62. The predicted octanol–water partition coefficient (Wildman–Crippen LogP) is 2.55. The van der Waals surface area contributed by atoms with Gasteiger partial charge in [-0.25, -0.2) is 4.39 Å². The molecule has 1 fully saturated rings. The Hall–Kier alpha value is -1.07. The third-order valence-electron chi connectivity index (χ3n) is 3.54. The van der Waals surface area contributed by atoms with Crippen LogP contribution in [0.1, 0.15) is 26.7 Å². The Labute approximate surface area is 123 Å². The van der Waals surface area contributed by atoms with Gasteiger partial charge in [0.05, 0.1) is 0 Å². The molecule has 1 aliphatic carbocycles. The Morgan fingerprint density at radius 2 is 2.05 bits per heavy atom. The summed E-state index contributed by atoms with van der Waals surface area (Å²) in [6.07, 6.45) is 2.07. The molecule has 1 unspecified atom stereocenters. The number of halogens is 1. The van der Waals surface area contributed by atoms with Crippen molar-refractivity contribution in [3.63, 3.8) is 0 Å². The van der Waals surface area contributed by atoms with Gasteiger partial charge in [0.1, 0.15) is 11.4 Å². The predicted molar refractivity (Wildman–Crippen MR) is 80.0 cm³/mol.